The van der Waals surface area contributed by atoms with Crippen molar-refractivity contribution < 1.29 is 4.42 Å². The number of thiophene rings is 2. The van der Waals surface area contributed by atoms with Crippen LogP contribution in [-0.4, -0.2) is 15.0 Å². The molecule has 0 aliphatic heterocycles. The Hall–Kier alpha value is -6.99. The van der Waals surface area contributed by atoms with Crippen LogP contribution in [0.4, 0.5) is 0 Å². The summed E-state index contributed by atoms with van der Waals surface area (Å²) in [5.74, 6) is 1.89. The Morgan fingerprint density at radius 2 is 0.967 bits per heavy atom. The minimum absolute atomic E-state index is 0.0440. The van der Waals surface area contributed by atoms with Crippen LogP contribution in [0.2, 0.25) is 0 Å². The van der Waals surface area contributed by atoms with E-state index >= 15 is 0 Å². The van der Waals surface area contributed by atoms with Crippen LogP contribution in [0.3, 0.4) is 0 Å². The summed E-state index contributed by atoms with van der Waals surface area (Å²) in [6, 6.07) is 58.8. The first-order valence-electron chi connectivity index (χ1n) is 20.3. The molecule has 1 aliphatic rings. The molecule has 60 heavy (non-hydrogen) atoms. The summed E-state index contributed by atoms with van der Waals surface area (Å²) in [6.07, 6.45) is 0. The molecule has 0 N–H and O–H groups in total. The minimum Gasteiger partial charge on any atom is -0.456 e. The van der Waals surface area contributed by atoms with Crippen molar-refractivity contribution >= 4 is 85.0 Å². The predicted molar refractivity (Wildman–Crippen MR) is 252 cm³/mol. The second-order valence-electron chi connectivity index (χ2n) is 16.3. The van der Waals surface area contributed by atoms with E-state index in [9.17, 15) is 0 Å². The van der Waals surface area contributed by atoms with Gasteiger partial charge in [-0.25, -0.2) is 15.0 Å². The normalized spacial score (nSPS) is 13.3. The van der Waals surface area contributed by atoms with Crippen LogP contribution in [-0.2, 0) is 5.41 Å². The largest absolute Gasteiger partial charge is 0.456 e. The van der Waals surface area contributed by atoms with Crippen LogP contribution in [0.25, 0.3) is 119 Å². The highest BCUT2D eigenvalue weighted by Gasteiger charge is 2.35. The lowest BCUT2D eigenvalue weighted by atomic mass is 9.82. The molecule has 0 spiro atoms. The molecule has 0 fully saturated rings. The Labute approximate surface area is 353 Å². The van der Waals surface area contributed by atoms with Gasteiger partial charge in [-0.3, -0.25) is 0 Å². The third-order valence-electron chi connectivity index (χ3n) is 12.6. The first-order valence-corrected chi connectivity index (χ1v) is 21.9. The van der Waals surface area contributed by atoms with Crippen LogP contribution in [0.5, 0.6) is 0 Å². The van der Waals surface area contributed by atoms with E-state index in [-0.39, 0.29) is 5.41 Å². The molecule has 8 aromatic carbocycles. The number of furan rings is 1. The second-order valence-corrected chi connectivity index (χ2v) is 18.5. The number of hydrogen-bond donors (Lipinski definition) is 0. The van der Waals surface area contributed by atoms with Crippen molar-refractivity contribution in [1.82, 2.24) is 15.0 Å². The van der Waals surface area contributed by atoms with Crippen molar-refractivity contribution in [3.8, 4) is 56.4 Å². The van der Waals surface area contributed by atoms with Crippen molar-refractivity contribution in [2.75, 3.05) is 0 Å². The molecule has 282 valence electrons. The number of aromatic nitrogens is 3. The quantitative estimate of drug-likeness (QED) is 0.178. The molecule has 0 saturated carbocycles. The lowest BCUT2D eigenvalue weighted by molar-refractivity contribution is 0.660. The molecule has 12 aromatic rings. The molecule has 4 aromatic heterocycles. The van der Waals surface area contributed by atoms with Gasteiger partial charge in [0.2, 0.25) is 0 Å². The van der Waals surface area contributed by atoms with Crippen LogP contribution in [0, 0.1) is 0 Å². The molecular weight excluding hydrogens is 771 g/mol. The molecule has 0 saturated heterocycles. The number of benzene rings is 8. The number of fused-ring (bicyclic) bond motifs is 12. The third-order valence-corrected chi connectivity index (χ3v) is 14.9. The van der Waals surface area contributed by atoms with Crippen molar-refractivity contribution in [3.05, 3.63) is 175 Å². The third kappa shape index (κ3) is 4.92. The van der Waals surface area contributed by atoms with Gasteiger partial charge < -0.3 is 4.42 Å². The van der Waals surface area contributed by atoms with Gasteiger partial charge in [0.05, 0.1) is 0 Å². The molecule has 6 heteroatoms. The topological polar surface area (TPSA) is 51.8 Å². The molecular formula is C54H33N3OS2. The Morgan fingerprint density at radius 1 is 0.383 bits per heavy atom. The highest BCUT2D eigenvalue weighted by molar-refractivity contribution is 7.26. The van der Waals surface area contributed by atoms with Crippen molar-refractivity contribution in [1.29, 1.82) is 0 Å². The van der Waals surface area contributed by atoms with Gasteiger partial charge in [-0.05, 0) is 94.0 Å². The van der Waals surface area contributed by atoms with E-state index in [0.717, 1.165) is 49.6 Å². The van der Waals surface area contributed by atoms with Gasteiger partial charge in [0, 0.05) is 73.2 Å². The van der Waals surface area contributed by atoms with Crippen molar-refractivity contribution in [2.24, 2.45) is 0 Å². The van der Waals surface area contributed by atoms with E-state index in [0.29, 0.717) is 17.5 Å². The summed E-state index contributed by atoms with van der Waals surface area (Å²) < 4.78 is 11.5. The fourth-order valence-corrected chi connectivity index (χ4v) is 11.9. The average molecular weight is 804 g/mol. The summed E-state index contributed by atoms with van der Waals surface area (Å²) in [6.45, 7) is 4.65. The maximum Gasteiger partial charge on any atom is 0.164 e. The zero-order chi connectivity index (χ0) is 39.7. The molecule has 0 bridgehead atoms. The van der Waals surface area contributed by atoms with Crippen LogP contribution >= 0.6 is 22.7 Å². The van der Waals surface area contributed by atoms with Gasteiger partial charge in [0.1, 0.15) is 11.2 Å². The Kier molecular flexibility index (Phi) is 7.07. The zero-order valence-corrected chi connectivity index (χ0v) is 34.3. The SMILES string of the molecule is CC1(C)c2ccccc2-c2cc(-c3ccc4oc5cccc(-c6nc(-c7ccc8sc9ccccc9c8c7)nc(-c7cccc8sc9ccccc9c78)n6)c5c4c3)ccc21. The fourth-order valence-electron chi connectivity index (χ4n) is 9.66. The van der Waals surface area contributed by atoms with Crippen LogP contribution in [0.15, 0.2) is 168 Å². The summed E-state index contributed by atoms with van der Waals surface area (Å²) >= 11 is 3.61. The number of hydrogen-bond acceptors (Lipinski definition) is 6. The maximum atomic E-state index is 6.59. The molecule has 4 heterocycles. The maximum absolute atomic E-state index is 6.59. The van der Waals surface area contributed by atoms with Gasteiger partial charge in [-0.2, -0.15) is 0 Å². The molecule has 13 rings (SSSR count). The van der Waals surface area contributed by atoms with Gasteiger partial charge in [-0.15, -0.1) is 22.7 Å². The van der Waals surface area contributed by atoms with Gasteiger partial charge in [0.15, 0.2) is 17.5 Å². The summed E-state index contributed by atoms with van der Waals surface area (Å²) in [7, 11) is 0. The lowest BCUT2D eigenvalue weighted by Gasteiger charge is -2.21. The summed E-state index contributed by atoms with van der Waals surface area (Å²) in [4.78, 5) is 16.0. The summed E-state index contributed by atoms with van der Waals surface area (Å²) in [5, 5.41) is 6.83. The minimum atomic E-state index is -0.0440. The van der Waals surface area contributed by atoms with Gasteiger partial charge in [-0.1, -0.05) is 117 Å². The van der Waals surface area contributed by atoms with Crippen molar-refractivity contribution in [2.45, 2.75) is 19.3 Å². The number of nitrogens with zero attached hydrogens (tertiary/aromatic N) is 3. The predicted octanol–water partition coefficient (Wildman–Crippen LogP) is 15.5. The van der Waals surface area contributed by atoms with E-state index in [1.165, 1.54) is 62.8 Å². The van der Waals surface area contributed by atoms with E-state index in [1.54, 1.807) is 11.3 Å². The fraction of sp³-hybridized carbons (Fsp3) is 0.0556. The first-order chi connectivity index (χ1) is 29.5. The van der Waals surface area contributed by atoms with Crippen molar-refractivity contribution in [3.63, 3.8) is 0 Å². The molecule has 0 radical (unpaired) electrons. The molecule has 0 amide bonds. The monoisotopic (exact) mass is 803 g/mol. The second kappa shape index (κ2) is 12.5. The first kappa shape index (κ1) is 33.9. The lowest BCUT2D eigenvalue weighted by Crippen LogP contribution is -2.14. The van der Waals surface area contributed by atoms with E-state index in [2.05, 4.69) is 166 Å². The molecule has 4 nitrogen and oxygen atoms in total. The average Bonchev–Trinajstić information content (AvgIpc) is 4.03. The van der Waals surface area contributed by atoms with E-state index < -0.39 is 0 Å². The Morgan fingerprint density at radius 3 is 1.83 bits per heavy atom. The Bertz CT molecular complexity index is 3770. The van der Waals surface area contributed by atoms with Gasteiger partial charge in [0.25, 0.3) is 0 Å². The van der Waals surface area contributed by atoms with Crippen LogP contribution < -0.4 is 0 Å². The van der Waals surface area contributed by atoms with Crippen LogP contribution in [0.1, 0.15) is 25.0 Å². The number of rotatable bonds is 4. The standard InChI is InChI=1S/C54H33N3OS2/c1-54(2)41-16-6-3-11-33(41)38-27-30(21-24-42(38)54)31-22-25-43-40(28-31)49-36(14-9-17-44(49)58-43)52-55-51(32-23-26-47-39(29-32)34-12-4-7-18-45(34)59-47)56-53(57-52)37-15-10-20-48-50(37)35-13-5-8-19-46(35)60-48/h3-29H,1-2H3. The highest BCUT2D eigenvalue weighted by atomic mass is 32.1. The van der Waals surface area contributed by atoms with Gasteiger partial charge >= 0.3 is 0 Å². The molecule has 1 aliphatic carbocycles. The smallest absolute Gasteiger partial charge is 0.164 e. The molecule has 0 atom stereocenters. The highest BCUT2D eigenvalue weighted by Crippen LogP contribution is 2.50. The zero-order valence-electron chi connectivity index (χ0n) is 32.7. The summed E-state index contributed by atoms with van der Waals surface area (Å²) in [5.41, 5.74) is 12.1. The Balaban J connectivity index is 1.03. The van der Waals surface area contributed by atoms with E-state index in [4.69, 9.17) is 19.4 Å². The molecule has 0 unspecified atom stereocenters. The van der Waals surface area contributed by atoms with E-state index in [1.807, 2.05) is 23.5 Å².